The van der Waals surface area contributed by atoms with Crippen molar-refractivity contribution in [3.63, 3.8) is 0 Å². The summed E-state index contributed by atoms with van der Waals surface area (Å²) in [6, 6.07) is 0. The molecule has 0 bridgehead atoms. The van der Waals surface area contributed by atoms with Crippen LogP contribution in [0, 0.1) is 18.3 Å². The van der Waals surface area contributed by atoms with Gasteiger partial charge in [0.25, 0.3) is 0 Å². The predicted octanol–water partition coefficient (Wildman–Crippen LogP) is 5.62. The minimum Gasteiger partial charge on any atom is -0.0625 e. The van der Waals surface area contributed by atoms with Crippen LogP contribution in [0.4, 0.5) is 0 Å². The van der Waals surface area contributed by atoms with E-state index < -0.39 is 0 Å². The smallest absolute Gasteiger partial charge is 0.0383 e. The van der Waals surface area contributed by atoms with Crippen LogP contribution in [0.1, 0.15) is 79.1 Å². The lowest BCUT2D eigenvalue weighted by molar-refractivity contribution is 0.355. The van der Waals surface area contributed by atoms with Crippen LogP contribution < -0.4 is 0 Å². The molecule has 0 aromatic rings. The van der Waals surface area contributed by atoms with E-state index >= 15 is 0 Å². The second-order valence-electron chi connectivity index (χ2n) is 6.26. The van der Waals surface area contributed by atoms with E-state index in [1.54, 1.807) is 0 Å². The van der Waals surface area contributed by atoms with Crippen LogP contribution in [0.2, 0.25) is 0 Å². The highest BCUT2D eigenvalue weighted by Gasteiger charge is 2.08. The van der Waals surface area contributed by atoms with Crippen LogP contribution in [0.15, 0.2) is 0 Å². The van der Waals surface area contributed by atoms with Crippen molar-refractivity contribution in [3.8, 4) is 0 Å². The van der Waals surface area contributed by atoms with E-state index in [1.807, 2.05) is 0 Å². The second-order valence-corrected chi connectivity index (χ2v) is 6.26. The Bertz CT molecular complexity index is 129. The van der Waals surface area contributed by atoms with Crippen molar-refractivity contribution < 1.29 is 0 Å². The molecule has 0 saturated carbocycles. The number of unbranched alkanes of at least 4 members (excludes halogenated alkanes) is 4. The fourth-order valence-corrected chi connectivity index (χ4v) is 1.82. The first kappa shape index (κ1) is 15.0. The van der Waals surface area contributed by atoms with Crippen LogP contribution >= 0.6 is 0 Å². The molecular weight excluding hydrogens is 180 g/mol. The van der Waals surface area contributed by atoms with Crippen molar-refractivity contribution in [3.05, 3.63) is 6.92 Å². The Morgan fingerprint density at radius 1 is 0.933 bits per heavy atom. The van der Waals surface area contributed by atoms with Gasteiger partial charge in [0.15, 0.2) is 0 Å². The molecular formula is C15H31. The molecule has 0 nitrogen and oxygen atoms in total. The Kier molecular flexibility index (Phi) is 8.19. The third-order valence-electron chi connectivity index (χ3n) is 3.12. The maximum absolute atomic E-state index is 3.94. The topological polar surface area (TPSA) is 0 Å². The van der Waals surface area contributed by atoms with Gasteiger partial charge in [0, 0.05) is 0 Å². The van der Waals surface area contributed by atoms with Crippen molar-refractivity contribution >= 4 is 0 Å². The molecule has 0 heterocycles. The molecule has 0 spiro atoms. The molecule has 91 valence electrons. The van der Waals surface area contributed by atoms with Gasteiger partial charge < -0.3 is 0 Å². The zero-order valence-electron chi connectivity index (χ0n) is 11.4. The summed E-state index contributed by atoms with van der Waals surface area (Å²) in [5.41, 5.74) is 0.530. The molecule has 1 atom stereocenters. The number of hydrogen-bond acceptors (Lipinski definition) is 0. The van der Waals surface area contributed by atoms with E-state index in [0.717, 1.165) is 12.3 Å². The molecule has 0 aliphatic heterocycles. The number of rotatable bonds is 8. The van der Waals surface area contributed by atoms with E-state index in [0.29, 0.717) is 5.41 Å². The minimum absolute atomic E-state index is 0.530. The third kappa shape index (κ3) is 11.9. The zero-order chi connectivity index (χ0) is 11.7. The van der Waals surface area contributed by atoms with E-state index in [2.05, 4.69) is 34.6 Å². The highest BCUT2D eigenvalue weighted by Crippen LogP contribution is 2.22. The zero-order valence-corrected chi connectivity index (χ0v) is 11.4. The van der Waals surface area contributed by atoms with E-state index in [9.17, 15) is 0 Å². The Hall–Kier alpha value is 0. The molecule has 0 saturated heterocycles. The highest BCUT2D eigenvalue weighted by molar-refractivity contribution is 4.61. The molecule has 0 aliphatic carbocycles. The fraction of sp³-hybridized carbons (Fsp3) is 0.933. The maximum atomic E-state index is 3.94. The van der Waals surface area contributed by atoms with Gasteiger partial charge in [0.05, 0.1) is 0 Å². The fourth-order valence-electron chi connectivity index (χ4n) is 1.82. The summed E-state index contributed by atoms with van der Waals surface area (Å²) >= 11 is 0. The van der Waals surface area contributed by atoms with Crippen molar-refractivity contribution in [2.45, 2.75) is 79.1 Å². The lowest BCUT2D eigenvalue weighted by atomic mass is 9.89. The molecule has 0 N–H and O–H groups in total. The standard InChI is InChI=1S/C15H31/c1-6-14(2)12-10-8-7-9-11-13-15(3,4)5/h14H,1,6-13H2,2-5H3. The van der Waals surface area contributed by atoms with Gasteiger partial charge >= 0.3 is 0 Å². The van der Waals surface area contributed by atoms with Crippen LogP contribution in [0.5, 0.6) is 0 Å². The van der Waals surface area contributed by atoms with Gasteiger partial charge in [-0.25, -0.2) is 0 Å². The maximum Gasteiger partial charge on any atom is -0.0383 e. The molecule has 0 aromatic heterocycles. The molecule has 15 heavy (non-hydrogen) atoms. The molecule has 0 aromatic carbocycles. The highest BCUT2D eigenvalue weighted by atomic mass is 14.1. The van der Waals surface area contributed by atoms with Crippen LogP contribution in [0.25, 0.3) is 0 Å². The van der Waals surface area contributed by atoms with E-state index in [-0.39, 0.29) is 0 Å². The Balaban J connectivity index is 3.12. The monoisotopic (exact) mass is 211 g/mol. The summed E-state index contributed by atoms with van der Waals surface area (Å²) in [6.07, 6.45) is 11.0. The average Bonchev–Trinajstić information content (AvgIpc) is 2.14. The summed E-state index contributed by atoms with van der Waals surface area (Å²) in [5, 5.41) is 0. The number of hydrogen-bond donors (Lipinski definition) is 0. The van der Waals surface area contributed by atoms with Crippen molar-refractivity contribution in [2.24, 2.45) is 11.3 Å². The summed E-state index contributed by atoms with van der Waals surface area (Å²) < 4.78 is 0. The first-order valence-electron chi connectivity index (χ1n) is 6.75. The second kappa shape index (κ2) is 8.19. The Morgan fingerprint density at radius 3 is 2.00 bits per heavy atom. The molecule has 1 radical (unpaired) electrons. The summed E-state index contributed by atoms with van der Waals surface area (Å²) in [7, 11) is 0. The average molecular weight is 211 g/mol. The summed E-state index contributed by atoms with van der Waals surface area (Å²) in [6.45, 7) is 13.3. The largest absolute Gasteiger partial charge is 0.0625 e. The minimum atomic E-state index is 0.530. The van der Waals surface area contributed by atoms with E-state index in [1.165, 1.54) is 44.9 Å². The third-order valence-corrected chi connectivity index (χ3v) is 3.12. The van der Waals surface area contributed by atoms with Crippen molar-refractivity contribution in [1.82, 2.24) is 0 Å². The van der Waals surface area contributed by atoms with Crippen molar-refractivity contribution in [2.75, 3.05) is 0 Å². The van der Waals surface area contributed by atoms with Gasteiger partial charge in [-0.2, -0.15) is 0 Å². The van der Waals surface area contributed by atoms with Crippen LogP contribution in [-0.2, 0) is 0 Å². The lowest BCUT2D eigenvalue weighted by Crippen LogP contribution is -2.03. The molecule has 0 fully saturated rings. The Labute approximate surface area is 97.8 Å². The molecule has 0 rings (SSSR count). The van der Waals surface area contributed by atoms with Gasteiger partial charge in [-0.15, -0.1) is 0 Å². The molecule has 0 amide bonds. The van der Waals surface area contributed by atoms with E-state index in [4.69, 9.17) is 0 Å². The van der Waals surface area contributed by atoms with Crippen LogP contribution in [-0.4, -0.2) is 0 Å². The van der Waals surface area contributed by atoms with Gasteiger partial charge in [-0.3, -0.25) is 0 Å². The van der Waals surface area contributed by atoms with Crippen LogP contribution in [0.3, 0.4) is 0 Å². The first-order valence-corrected chi connectivity index (χ1v) is 6.75. The predicted molar refractivity (Wildman–Crippen MR) is 70.9 cm³/mol. The van der Waals surface area contributed by atoms with Gasteiger partial charge in [0.1, 0.15) is 0 Å². The van der Waals surface area contributed by atoms with Gasteiger partial charge in [-0.1, -0.05) is 79.6 Å². The normalized spacial score (nSPS) is 14.2. The molecule has 1 unspecified atom stereocenters. The molecule has 0 heteroatoms. The summed E-state index contributed by atoms with van der Waals surface area (Å²) in [5.74, 6) is 0.833. The first-order chi connectivity index (χ1) is 6.95. The lowest BCUT2D eigenvalue weighted by Gasteiger charge is -2.17. The van der Waals surface area contributed by atoms with Gasteiger partial charge in [0.2, 0.25) is 0 Å². The quantitative estimate of drug-likeness (QED) is 0.457. The molecule has 0 aliphatic rings. The van der Waals surface area contributed by atoms with Gasteiger partial charge in [-0.05, 0) is 17.8 Å². The summed E-state index contributed by atoms with van der Waals surface area (Å²) in [4.78, 5) is 0. The Morgan fingerprint density at radius 2 is 1.47 bits per heavy atom. The van der Waals surface area contributed by atoms with Crippen molar-refractivity contribution in [1.29, 1.82) is 0 Å². The SMILES string of the molecule is [CH2]CC(C)CCCCCCCC(C)(C)C.